The van der Waals surface area contributed by atoms with Crippen LogP contribution in [0.25, 0.3) is 0 Å². The van der Waals surface area contributed by atoms with Crippen LogP contribution in [0, 0.1) is 0 Å². The van der Waals surface area contributed by atoms with Crippen molar-refractivity contribution in [1.29, 1.82) is 0 Å². The van der Waals surface area contributed by atoms with Gasteiger partial charge in [-0.15, -0.1) is 0 Å². The quantitative estimate of drug-likeness (QED) is 0.701. The second-order valence-electron chi connectivity index (χ2n) is 3.62. The van der Waals surface area contributed by atoms with E-state index in [4.69, 9.17) is 0 Å². The molecule has 16 heavy (non-hydrogen) atoms. The highest BCUT2D eigenvalue weighted by molar-refractivity contribution is 5.72. The van der Waals surface area contributed by atoms with Crippen LogP contribution in [0.2, 0.25) is 0 Å². The summed E-state index contributed by atoms with van der Waals surface area (Å²) >= 11 is 0. The minimum Gasteiger partial charge on any atom is -0.355 e. The van der Waals surface area contributed by atoms with Gasteiger partial charge in [-0.1, -0.05) is 13.0 Å². The first kappa shape index (κ1) is 12.6. The summed E-state index contributed by atoms with van der Waals surface area (Å²) in [5.74, 6) is 0.00823. The second-order valence-corrected chi connectivity index (χ2v) is 3.62. The number of amides is 1. The normalized spacial score (nSPS) is 10.1. The van der Waals surface area contributed by atoms with E-state index in [2.05, 4.69) is 28.6 Å². The minimum atomic E-state index is 0.00823. The highest BCUT2D eigenvalue weighted by atomic mass is 16.1. The molecule has 0 aliphatic carbocycles. The van der Waals surface area contributed by atoms with E-state index < -0.39 is 0 Å². The Labute approximate surface area is 96.5 Å². The van der Waals surface area contributed by atoms with Crippen LogP contribution in [0.4, 0.5) is 0 Å². The molecule has 0 bridgehead atoms. The van der Waals surface area contributed by atoms with Gasteiger partial charge in [-0.2, -0.15) is 0 Å². The fourth-order valence-electron chi connectivity index (χ4n) is 1.49. The number of rotatable bonds is 6. The van der Waals surface area contributed by atoms with Crippen LogP contribution >= 0.6 is 0 Å². The lowest BCUT2D eigenvalue weighted by molar-refractivity contribution is -0.118. The molecule has 0 saturated carbocycles. The third kappa shape index (κ3) is 4.40. The molecule has 0 unspecified atom stereocenters. The van der Waals surface area contributed by atoms with Crippen molar-refractivity contribution in [3.63, 3.8) is 0 Å². The fourth-order valence-corrected chi connectivity index (χ4v) is 1.49. The van der Waals surface area contributed by atoms with Crippen molar-refractivity contribution < 1.29 is 4.79 Å². The monoisotopic (exact) mass is 221 g/mol. The summed E-state index contributed by atoms with van der Waals surface area (Å²) in [6, 6.07) is 4.05. The van der Waals surface area contributed by atoms with Crippen LogP contribution in [0.1, 0.15) is 25.1 Å². The van der Waals surface area contributed by atoms with Gasteiger partial charge < -0.3 is 10.6 Å². The summed E-state index contributed by atoms with van der Waals surface area (Å²) in [6.07, 6.45) is 2.81. The Hall–Kier alpha value is -1.42. The average molecular weight is 221 g/mol. The minimum absolute atomic E-state index is 0.00823. The maximum absolute atomic E-state index is 10.6. The Kier molecular flexibility index (Phi) is 5.50. The number of nitrogens with one attached hydrogen (secondary N) is 2. The molecule has 2 N–H and O–H groups in total. The van der Waals surface area contributed by atoms with E-state index in [9.17, 15) is 4.79 Å². The predicted molar refractivity (Wildman–Crippen MR) is 64.0 cm³/mol. The first-order valence-corrected chi connectivity index (χ1v) is 5.62. The Balaban J connectivity index is 2.28. The number of aryl methyl sites for hydroxylation is 1. The molecule has 0 aliphatic heterocycles. The van der Waals surface area contributed by atoms with Gasteiger partial charge in [-0.25, -0.2) is 0 Å². The molecule has 1 aromatic heterocycles. The molecule has 0 atom stereocenters. The van der Waals surface area contributed by atoms with Crippen LogP contribution in [0.15, 0.2) is 18.3 Å². The highest BCUT2D eigenvalue weighted by Gasteiger charge is 2.00. The average Bonchev–Trinajstić information content (AvgIpc) is 2.29. The lowest BCUT2D eigenvalue weighted by Gasteiger charge is -2.08. The number of carbonyl (C=O) groups excluding carboxylic acids is 1. The summed E-state index contributed by atoms with van der Waals surface area (Å²) in [4.78, 5) is 15.0. The lowest BCUT2D eigenvalue weighted by Crippen LogP contribution is -2.30. The SMILES string of the molecule is CCc1cccnc1CNCCNC(C)=O. The van der Waals surface area contributed by atoms with E-state index in [0.717, 1.165) is 25.2 Å². The summed E-state index contributed by atoms with van der Waals surface area (Å²) < 4.78 is 0. The molecule has 1 rings (SSSR count). The van der Waals surface area contributed by atoms with Gasteiger partial charge in [0.15, 0.2) is 0 Å². The molecule has 1 heterocycles. The van der Waals surface area contributed by atoms with Crippen molar-refractivity contribution in [2.24, 2.45) is 0 Å². The van der Waals surface area contributed by atoms with E-state index in [1.54, 1.807) is 0 Å². The molecule has 0 radical (unpaired) electrons. The van der Waals surface area contributed by atoms with Crippen LogP contribution in [0.3, 0.4) is 0 Å². The zero-order chi connectivity index (χ0) is 11.8. The van der Waals surface area contributed by atoms with Crippen molar-refractivity contribution in [1.82, 2.24) is 15.6 Å². The van der Waals surface area contributed by atoms with Gasteiger partial charge in [-0.05, 0) is 18.1 Å². The first-order chi connectivity index (χ1) is 7.74. The largest absolute Gasteiger partial charge is 0.355 e. The molecular weight excluding hydrogens is 202 g/mol. The number of hydrogen-bond acceptors (Lipinski definition) is 3. The van der Waals surface area contributed by atoms with Gasteiger partial charge in [0.05, 0.1) is 5.69 Å². The van der Waals surface area contributed by atoms with E-state index >= 15 is 0 Å². The molecule has 0 aromatic carbocycles. The third-order valence-corrected chi connectivity index (χ3v) is 2.33. The van der Waals surface area contributed by atoms with E-state index in [1.807, 2.05) is 12.3 Å². The van der Waals surface area contributed by atoms with Crippen molar-refractivity contribution in [2.45, 2.75) is 26.8 Å². The van der Waals surface area contributed by atoms with Crippen molar-refractivity contribution >= 4 is 5.91 Å². The Morgan fingerprint density at radius 2 is 2.25 bits per heavy atom. The zero-order valence-corrected chi connectivity index (χ0v) is 9.92. The van der Waals surface area contributed by atoms with Crippen LogP contribution in [-0.4, -0.2) is 24.0 Å². The van der Waals surface area contributed by atoms with Gasteiger partial charge in [0.1, 0.15) is 0 Å². The molecule has 4 nitrogen and oxygen atoms in total. The molecule has 1 aromatic rings. The van der Waals surface area contributed by atoms with Gasteiger partial charge in [0, 0.05) is 32.8 Å². The van der Waals surface area contributed by atoms with Crippen molar-refractivity contribution in [3.05, 3.63) is 29.6 Å². The summed E-state index contributed by atoms with van der Waals surface area (Å²) in [5, 5.41) is 5.99. The molecule has 0 saturated heterocycles. The standard InChI is InChI=1S/C12H19N3O/c1-3-11-5-4-6-15-12(11)9-13-7-8-14-10(2)16/h4-6,13H,3,7-9H2,1-2H3,(H,14,16). The molecule has 88 valence electrons. The zero-order valence-electron chi connectivity index (χ0n) is 9.92. The van der Waals surface area contributed by atoms with Gasteiger partial charge in [-0.3, -0.25) is 9.78 Å². The fraction of sp³-hybridized carbons (Fsp3) is 0.500. The van der Waals surface area contributed by atoms with Gasteiger partial charge >= 0.3 is 0 Å². The number of nitrogens with zero attached hydrogens (tertiary/aromatic N) is 1. The topological polar surface area (TPSA) is 54.0 Å². The van der Waals surface area contributed by atoms with Crippen LogP contribution in [-0.2, 0) is 17.8 Å². The van der Waals surface area contributed by atoms with E-state index in [-0.39, 0.29) is 5.91 Å². The highest BCUT2D eigenvalue weighted by Crippen LogP contribution is 2.04. The number of hydrogen-bond donors (Lipinski definition) is 2. The van der Waals surface area contributed by atoms with Crippen LogP contribution < -0.4 is 10.6 Å². The number of carbonyl (C=O) groups is 1. The second kappa shape index (κ2) is 6.95. The number of aromatic nitrogens is 1. The van der Waals surface area contributed by atoms with Crippen molar-refractivity contribution in [3.8, 4) is 0 Å². The summed E-state index contributed by atoms with van der Waals surface area (Å²) in [6.45, 7) is 5.82. The lowest BCUT2D eigenvalue weighted by atomic mass is 10.1. The van der Waals surface area contributed by atoms with E-state index in [0.29, 0.717) is 6.54 Å². The third-order valence-electron chi connectivity index (χ3n) is 2.33. The van der Waals surface area contributed by atoms with Crippen LogP contribution in [0.5, 0.6) is 0 Å². The first-order valence-electron chi connectivity index (χ1n) is 5.62. The predicted octanol–water partition coefficient (Wildman–Crippen LogP) is 0.870. The van der Waals surface area contributed by atoms with E-state index in [1.165, 1.54) is 12.5 Å². The summed E-state index contributed by atoms with van der Waals surface area (Å²) in [5.41, 5.74) is 2.36. The maximum Gasteiger partial charge on any atom is 0.216 e. The smallest absolute Gasteiger partial charge is 0.216 e. The number of pyridine rings is 1. The maximum atomic E-state index is 10.6. The molecular formula is C12H19N3O. The Morgan fingerprint density at radius 1 is 1.44 bits per heavy atom. The molecule has 0 spiro atoms. The molecule has 1 amide bonds. The van der Waals surface area contributed by atoms with Gasteiger partial charge in [0.25, 0.3) is 0 Å². The van der Waals surface area contributed by atoms with Gasteiger partial charge in [0.2, 0.25) is 5.91 Å². The molecule has 0 aliphatic rings. The molecule has 4 heteroatoms. The summed E-state index contributed by atoms with van der Waals surface area (Å²) in [7, 11) is 0. The molecule has 0 fully saturated rings. The Bertz CT molecular complexity index is 339. The Morgan fingerprint density at radius 3 is 2.94 bits per heavy atom. The van der Waals surface area contributed by atoms with Crippen molar-refractivity contribution in [2.75, 3.05) is 13.1 Å².